The fourth-order valence-electron chi connectivity index (χ4n) is 6.05. The maximum atomic E-state index is 16.1. The standard InChI is InChI=1S/C33H38FN3O5Si/c1-22-31(41-2)27-18-25(37-33(40)26-13-9-8-12-24(26)20-35-37)14-15-28(27)42-32(22)29(43(3,4)34)19-30(39)36(16-17-38)21-23-10-6-5-7-11-23/h5-15,18,20,22,29,31-32,38H,16-17,19,21H2,1-4H3/t22-,29?,31-,32-/m1/s1. The lowest BCUT2D eigenvalue weighted by Crippen LogP contribution is -2.48. The van der Waals surface area contributed by atoms with Crippen molar-refractivity contribution in [1.29, 1.82) is 0 Å². The molecule has 4 atom stereocenters. The number of rotatable bonds is 10. The minimum atomic E-state index is -3.45. The molecule has 4 aromatic rings. The van der Waals surface area contributed by atoms with Crippen LogP contribution >= 0.6 is 0 Å². The Morgan fingerprint density at radius 1 is 1.14 bits per heavy atom. The van der Waals surface area contributed by atoms with Crippen molar-refractivity contribution in [2.24, 2.45) is 5.92 Å². The van der Waals surface area contributed by atoms with Crippen molar-refractivity contribution in [2.75, 3.05) is 20.3 Å². The molecule has 10 heteroatoms. The molecule has 1 aromatic heterocycles. The topological polar surface area (TPSA) is 93.9 Å². The Labute approximate surface area is 251 Å². The number of hydrogen-bond acceptors (Lipinski definition) is 6. The van der Waals surface area contributed by atoms with Gasteiger partial charge in [0.25, 0.3) is 5.56 Å². The monoisotopic (exact) mass is 603 g/mol. The number of aliphatic hydroxyl groups is 1. The van der Waals surface area contributed by atoms with E-state index in [9.17, 15) is 14.7 Å². The van der Waals surface area contributed by atoms with Crippen LogP contribution in [0.15, 0.2) is 83.8 Å². The van der Waals surface area contributed by atoms with Gasteiger partial charge in [-0.1, -0.05) is 55.5 Å². The summed E-state index contributed by atoms with van der Waals surface area (Å²) >= 11 is 0. The Bertz CT molecular complexity index is 1640. The molecule has 0 saturated heterocycles. The number of halogens is 1. The summed E-state index contributed by atoms with van der Waals surface area (Å²) in [5.74, 6) is 0.00306. The van der Waals surface area contributed by atoms with Gasteiger partial charge in [0.15, 0.2) is 0 Å². The highest BCUT2D eigenvalue weighted by molar-refractivity contribution is 6.72. The van der Waals surface area contributed by atoms with Crippen molar-refractivity contribution < 1.29 is 23.5 Å². The first kappa shape index (κ1) is 30.6. The Hall–Kier alpha value is -3.86. The molecule has 0 radical (unpaired) electrons. The van der Waals surface area contributed by atoms with Crippen LogP contribution in [0.1, 0.15) is 30.6 Å². The number of fused-ring (bicyclic) bond motifs is 2. The van der Waals surface area contributed by atoms with Gasteiger partial charge < -0.3 is 23.6 Å². The summed E-state index contributed by atoms with van der Waals surface area (Å²) in [5.41, 5.74) is 1.34. The molecule has 8 nitrogen and oxygen atoms in total. The van der Waals surface area contributed by atoms with Gasteiger partial charge in [-0.15, -0.1) is 0 Å². The van der Waals surface area contributed by atoms with Crippen LogP contribution < -0.4 is 10.3 Å². The first-order valence-corrected chi connectivity index (χ1v) is 17.5. The van der Waals surface area contributed by atoms with Crippen LogP contribution in [-0.4, -0.2) is 60.5 Å². The summed E-state index contributed by atoms with van der Waals surface area (Å²) in [6.07, 6.45) is 0.537. The predicted octanol–water partition coefficient (Wildman–Crippen LogP) is 5.43. The van der Waals surface area contributed by atoms with Crippen molar-refractivity contribution in [3.8, 4) is 11.4 Å². The normalized spacial score (nSPS) is 19.0. The van der Waals surface area contributed by atoms with Crippen LogP contribution in [0.4, 0.5) is 4.11 Å². The van der Waals surface area contributed by atoms with Gasteiger partial charge in [-0.05, 0) is 42.9 Å². The van der Waals surface area contributed by atoms with E-state index < -0.39 is 26.2 Å². The number of aliphatic hydroxyl groups excluding tert-OH is 1. The van der Waals surface area contributed by atoms with E-state index in [1.54, 1.807) is 49.5 Å². The Morgan fingerprint density at radius 3 is 2.56 bits per heavy atom. The molecule has 1 aliphatic heterocycles. The minimum Gasteiger partial charge on any atom is -0.490 e. The highest BCUT2D eigenvalue weighted by Gasteiger charge is 2.48. The SMILES string of the molecule is CO[C@H]1c2cc(-n3ncc4ccccc4c3=O)ccc2O[C@@H](C(CC(=O)N(CCO)Cc2ccccc2)[Si](C)(C)F)[C@@H]1C. The van der Waals surface area contributed by atoms with Gasteiger partial charge in [-0.25, -0.2) is 0 Å². The van der Waals surface area contributed by atoms with Crippen LogP contribution in [0.5, 0.6) is 5.75 Å². The number of carbonyl (C=O) groups is 1. The van der Waals surface area contributed by atoms with E-state index in [4.69, 9.17) is 9.47 Å². The number of benzene rings is 3. The molecule has 5 rings (SSSR count). The average molecular weight is 604 g/mol. The number of carbonyl (C=O) groups excluding carboxylic acids is 1. The van der Waals surface area contributed by atoms with Gasteiger partial charge in [0.1, 0.15) is 11.9 Å². The molecule has 0 fully saturated rings. The van der Waals surface area contributed by atoms with Crippen molar-refractivity contribution in [1.82, 2.24) is 14.7 Å². The largest absolute Gasteiger partial charge is 0.490 e. The van der Waals surface area contributed by atoms with E-state index in [0.29, 0.717) is 23.4 Å². The van der Waals surface area contributed by atoms with Gasteiger partial charge in [-0.2, -0.15) is 9.78 Å². The summed E-state index contributed by atoms with van der Waals surface area (Å²) in [5, 5.41) is 15.4. The molecular weight excluding hydrogens is 565 g/mol. The van der Waals surface area contributed by atoms with E-state index in [1.165, 1.54) is 4.68 Å². The van der Waals surface area contributed by atoms with Crippen molar-refractivity contribution in [3.63, 3.8) is 0 Å². The van der Waals surface area contributed by atoms with Gasteiger partial charge in [0.2, 0.25) is 14.3 Å². The lowest BCUT2D eigenvalue weighted by atomic mass is 9.86. The fraction of sp³-hybridized carbons (Fsp3) is 0.364. The quantitative estimate of drug-likeness (QED) is 0.192. The molecule has 0 aliphatic carbocycles. The summed E-state index contributed by atoms with van der Waals surface area (Å²) in [7, 11) is -1.85. The van der Waals surface area contributed by atoms with Crippen LogP contribution in [-0.2, 0) is 16.1 Å². The number of hydrogen-bond donors (Lipinski definition) is 1. The molecule has 226 valence electrons. The van der Waals surface area contributed by atoms with Crippen LogP contribution in [0, 0.1) is 5.92 Å². The minimum absolute atomic E-state index is 0.0438. The second kappa shape index (κ2) is 12.8. The molecule has 1 N–H and O–H groups in total. The lowest BCUT2D eigenvalue weighted by Gasteiger charge is -2.43. The van der Waals surface area contributed by atoms with Gasteiger partial charge in [-0.3, -0.25) is 9.59 Å². The summed E-state index contributed by atoms with van der Waals surface area (Å²) in [6, 6.07) is 22.2. The third kappa shape index (κ3) is 6.41. The first-order valence-electron chi connectivity index (χ1n) is 14.5. The van der Waals surface area contributed by atoms with E-state index in [2.05, 4.69) is 5.10 Å². The molecule has 3 aromatic carbocycles. The van der Waals surface area contributed by atoms with E-state index in [1.807, 2.05) is 61.5 Å². The zero-order valence-corrected chi connectivity index (χ0v) is 25.9. The Kier molecular flexibility index (Phi) is 9.10. The highest BCUT2D eigenvalue weighted by Crippen LogP contribution is 2.47. The second-order valence-corrected chi connectivity index (χ2v) is 15.5. The summed E-state index contributed by atoms with van der Waals surface area (Å²) in [6.45, 7) is 5.45. The Morgan fingerprint density at radius 2 is 1.86 bits per heavy atom. The third-order valence-corrected chi connectivity index (χ3v) is 10.7. The first-order chi connectivity index (χ1) is 20.6. The molecule has 0 saturated carbocycles. The molecule has 2 heterocycles. The molecule has 43 heavy (non-hydrogen) atoms. The van der Waals surface area contributed by atoms with E-state index in [-0.39, 0.29) is 37.0 Å². The average Bonchev–Trinajstić information content (AvgIpc) is 2.99. The molecule has 0 spiro atoms. The number of ether oxygens (including phenoxy) is 2. The number of nitrogens with zero attached hydrogens (tertiary/aromatic N) is 3. The zero-order valence-electron chi connectivity index (χ0n) is 24.9. The Balaban J connectivity index is 1.45. The van der Waals surface area contributed by atoms with Gasteiger partial charge in [0, 0.05) is 49.0 Å². The molecule has 1 unspecified atom stereocenters. The highest BCUT2D eigenvalue weighted by atomic mass is 28.4. The van der Waals surface area contributed by atoms with Crippen LogP contribution in [0.25, 0.3) is 16.5 Å². The van der Waals surface area contributed by atoms with E-state index >= 15 is 4.11 Å². The van der Waals surface area contributed by atoms with Gasteiger partial charge in [0.05, 0.1) is 30.0 Å². The fourth-order valence-corrected chi connectivity index (χ4v) is 7.87. The molecule has 0 bridgehead atoms. The van der Waals surface area contributed by atoms with Gasteiger partial charge >= 0.3 is 0 Å². The molecular formula is C33H38FN3O5Si. The number of methoxy groups -OCH3 is 1. The maximum Gasteiger partial charge on any atom is 0.279 e. The summed E-state index contributed by atoms with van der Waals surface area (Å²) < 4.78 is 29.9. The van der Waals surface area contributed by atoms with Crippen molar-refractivity contribution >= 4 is 25.1 Å². The number of amides is 1. The van der Waals surface area contributed by atoms with Crippen molar-refractivity contribution in [2.45, 2.75) is 50.7 Å². The number of aromatic nitrogens is 2. The van der Waals surface area contributed by atoms with Crippen LogP contribution in [0.3, 0.4) is 0 Å². The second-order valence-electron chi connectivity index (χ2n) is 11.7. The zero-order chi connectivity index (χ0) is 30.7. The predicted molar refractivity (Wildman–Crippen MR) is 167 cm³/mol. The van der Waals surface area contributed by atoms with Crippen molar-refractivity contribution in [3.05, 3.63) is 100 Å². The third-order valence-electron chi connectivity index (χ3n) is 8.36. The molecule has 1 amide bonds. The lowest BCUT2D eigenvalue weighted by molar-refractivity contribution is -0.133. The molecule has 1 aliphatic rings. The van der Waals surface area contributed by atoms with E-state index in [0.717, 1.165) is 16.5 Å². The van der Waals surface area contributed by atoms with Crippen LogP contribution in [0.2, 0.25) is 18.6 Å². The summed E-state index contributed by atoms with van der Waals surface area (Å²) in [4.78, 5) is 28.4. The maximum absolute atomic E-state index is 16.1. The smallest absolute Gasteiger partial charge is 0.279 e.